The Bertz CT molecular complexity index is 1000. The van der Waals surface area contributed by atoms with Gasteiger partial charge in [-0.25, -0.2) is 13.1 Å². The first-order chi connectivity index (χ1) is 13.5. The van der Waals surface area contributed by atoms with Crippen LogP contribution in [-0.2, 0) is 14.8 Å². The Morgan fingerprint density at radius 1 is 1.07 bits per heavy atom. The Kier molecular flexibility index (Phi) is 6.24. The molecule has 1 amide bonds. The maximum absolute atomic E-state index is 12.4. The van der Waals surface area contributed by atoms with Crippen LogP contribution in [0.25, 0.3) is 6.08 Å². The van der Waals surface area contributed by atoms with Gasteiger partial charge in [0.25, 0.3) is 0 Å². The SMILES string of the molecule is N#Cc1ccccc1/C=C/C(=O)N1CCC(NS(=O)(=O)c2ccccc2)CC1. The fourth-order valence-corrected chi connectivity index (χ4v) is 4.44. The van der Waals surface area contributed by atoms with E-state index in [0.717, 1.165) is 0 Å². The smallest absolute Gasteiger partial charge is 0.246 e. The van der Waals surface area contributed by atoms with Crippen molar-refractivity contribution in [2.75, 3.05) is 13.1 Å². The molecule has 1 N–H and O–H groups in total. The van der Waals surface area contributed by atoms with E-state index >= 15 is 0 Å². The molecule has 1 heterocycles. The summed E-state index contributed by atoms with van der Waals surface area (Å²) in [6.07, 6.45) is 4.22. The Labute approximate surface area is 165 Å². The van der Waals surface area contributed by atoms with Crippen molar-refractivity contribution in [1.29, 1.82) is 5.26 Å². The molecule has 144 valence electrons. The standard InChI is InChI=1S/C21H21N3O3S/c22-16-18-7-5-4-6-17(18)10-11-21(25)24-14-12-19(13-15-24)23-28(26,27)20-8-2-1-3-9-20/h1-11,19,23H,12-15H2/b11-10+. The lowest BCUT2D eigenvalue weighted by atomic mass is 10.1. The maximum Gasteiger partial charge on any atom is 0.246 e. The first-order valence-corrected chi connectivity index (χ1v) is 10.5. The highest BCUT2D eigenvalue weighted by Crippen LogP contribution is 2.16. The van der Waals surface area contributed by atoms with Gasteiger partial charge in [0.05, 0.1) is 16.5 Å². The minimum absolute atomic E-state index is 0.142. The van der Waals surface area contributed by atoms with E-state index < -0.39 is 10.0 Å². The average molecular weight is 395 g/mol. The summed E-state index contributed by atoms with van der Waals surface area (Å²) in [6, 6.07) is 17.2. The first-order valence-electron chi connectivity index (χ1n) is 9.03. The fourth-order valence-electron chi connectivity index (χ4n) is 3.12. The number of rotatable bonds is 5. The van der Waals surface area contributed by atoms with E-state index in [1.165, 1.54) is 6.08 Å². The van der Waals surface area contributed by atoms with Crippen molar-refractivity contribution in [3.63, 3.8) is 0 Å². The zero-order valence-electron chi connectivity index (χ0n) is 15.3. The molecule has 2 aromatic carbocycles. The molecule has 0 radical (unpaired) electrons. The monoisotopic (exact) mass is 395 g/mol. The zero-order chi connectivity index (χ0) is 20.0. The summed E-state index contributed by atoms with van der Waals surface area (Å²) in [5.41, 5.74) is 1.21. The van der Waals surface area contributed by atoms with Crippen LogP contribution in [0, 0.1) is 11.3 Å². The van der Waals surface area contributed by atoms with Crippen LogP contribution < -0.4 is 4.72 Å². The predicted octanol–water partition coefficient (Wildman–Crippen LogP) is 2.54. The largest absolute Gasteiger partial charge is 0.339 e. The Hall–Kier alpha value is -2.95. The van der Waals surface area contributed by atoms with Gasteiger partial charge >= 0.3 is 0 Å². The molecule has 0 aromatic heterocycles. The molecule has 0 bridgehead atoms. The second-order valence-corrected chi connectivity index (χ2v) is 8.28. The number of benzene rings is 2. The minimum Gasteiger partial charge on any atom is -0.339 e. The minimum atomic E-state index is -3.55. The highest BCUT2D eigenvalue weighted by atomic mass is 32.2. The third-order valence-electron chi connectivity index (χ3n) is 4.67. The number of carbonyl (C=O) groups excluding carboxylic acids is 1. The molecule has 0 atom stereocenters. The predicted molar refractivity (Wildman–Crippen MR) is 107 cm³/mol. The highest BCUT2D eigenvalue weighted by Gasteiger charge is 2.25. The molecule has 1 fully saturated rings. The molecule has 3 rings (SSSR count). The number of piperidine rings is 1. The normalized spacial score (nSPS) is 15.5. The van der Waals surface area contributed by atoms with Gasteiger partial charge in [0.2, 0.25) is 15.9 Å². The van der Waals surface area contributed by atoms with Gasteiger partial charge in [0, 0.05) is 25.2 Å². The fraction of sp³-hybridized carbons (Fsp3) is 0.238. The van der Waals surface area contributed by atoms with Gasteiger partial charge in [-0.1, -0.05) is 36.4 Å². The first kappa shape index (κ1) is 19.8. The van der Waals surface area contributed by atoms with E-state index in [4.69, 9.17) is 5.26 Å². The van der Waals surface area contributed by atoms with E-state index in [1.54, 1.807) is 59.5 Å². The lowest BCUT2D eigenvalue weighted by molar-refractivity contribution is -0.126. The van der Waals surface area contributed by atoms with Gasteiger partial charge < -0.3 is 4.90 Å². The number of nitriles is 1. The van der Waals surface area contributed by atoms with Gasteiger partial charge in [-0.05, 0) is 42.7 Å². The van der Waals surface area contributed by atoms with Crippen molar-refractivity contribution in [3.8, 4) is 6.07 Å². The second kappa shape index (κ2) is 8.83. The number of nitrogens with one attached hydrogen (secondary N) is 1. The lowest BCUT2D eigenvalue weighted by Gasteiger charge is -2.31. The summed E-state index contributed by atoms with van der Waals surface area (Å²) >= 11 is 0. The molecule has 0 spiro atoms. The molecular formula is C21H21N3O3S. The van der Waals surface area contributed by atoms with Crippen molar-refractivity contribution < 1.29 is 13.2 Å². The lowest BCUT2D eigenvalue weighted by Crippen LogP contribution is -2.46. The van der Waals surface area contributed by atoms with Crippen molar-refractivity contribution in [2.24, 2.45) is 0 Å². The highest BCUT2D eigenvalue weighted by molar-refractivity contribution is 7.89. The molecule has 1 aliphatic heterocycles. The van der Waals surface area contributed by atoms with Crippen LogP contribution >= 0.6 is 0 Å². The van der Waals surface area contributed by atoms with Crippen molar-refractivity contribution >= 4 is 22.0 Å². The molecule has 28 heavy (non-hydrogen) atoms. The summed E-state index contributed by atoms with van der Waals surface area (Å²) < 4.78 is 27.5. The van der Waals surface area contributed by atoms with E-state index in [9.17, 15) is 13.2 Å². The Morgan fingerprint density at radius 2 is 1.71 bits per heavy atom. The van der Waals surface area contributed by atoms with Crippen LogP contribution in [-0.4, -0.2) is 38.4 Å². The van der Waals surface area contributed by atoms with Crippen LogP contribution in [0.15, 0.2) is 65.6 Å². The van der Waals surface area contributed by atoms with Gasteiger partial charge in [-0.15, -0.1) is 0 Å². The number of hydrogen-bond acceptors (Lipinski definition) is 4. The molecular weight excluding hydrogens is 374 g/mol. The van der Waals surface area contributed by atoms with Crippen LogP contribution in [0.4, 0.5) is 0 Å². The van der Waals surface area contributed by atoms with Crippen LogP contribution in [0.2, 0.25) is 0 Å². The summed E-state index contributed by atoms with van der Waals surface area (Å²) in [4.78, 5) is 14.3. The quantitative estimate of drug-likeness (QED) is 0.788. The van der Waals surface area contributed by atoms with Crippen molar-refractivity contribution in [1.82, 2.24) is 9.62 Å². The van der Waals surface area contributed by atoms with Crippen LogP contribution in [0.1, 0.15) is 24.0 Å². The summed E-state index contributed by atoms with van der Waals surface area (Å²) in [5.74, 6) is -0.142. The molecule has 2 aromatic rings. The molecule has 7 heteroatoms. The molecule has 0 aliphatic carbocycles. The molecule has 6 nitrogen and oxygen atoms in total. The second-order valence-electron chi connectivity index (χ2n) is 6.57. The van der Waals surface area contributed by atoms with Crippen molar-refractivity contribution in [3.05, 3.63) is 71.8 Å². The third-order valence-corrected chi connectivity index (χ3v) is 6.21. The zero-order valence-corrected chi connectivity index (χ0v) is 16.1. The topological polar surface area (TPSA) is 90.3 Å². The van der Waals surface area contributed by atoms with E-state index in [2.05, 4.69) is 10.8 Å². The van der Waals surface area contributed by atoms with E-state index in [0.29, 0.717) is 37.1 Å². The molecule has 0 saturated carbocycles. The van der Waals surface area contributed by atoms with E-state index in [-0.39, 0.29) is 16.8 Å². The molecule has 0 unspecified atom stereocenters. The summed E-state index contributed by atoms with van der Waals surface area (Å²) in [7, 11) is -3.55. The Morgan fingerprint density at radius 3 is 2.39 bits per heavy atom. The average Bonchev–Trinajstić information content (AvgIpc) is 2.73. The number of carbonyl (C=O) groups is 1. The molecule has 1 saturated heterocycles. The number of amides is 1. The molecule has 1 aliphatic rings. The Balaban J connectivity index is 1.56. The maximum atomic E-state index is 12.4. The van der Waals surface area contributed by atoms with Gasteiger partial charge in [0.1, 0.15) is 0 Å². The van der Waals surface area contributed by atoms with Gasteiger partial charge in [-0.3, -0.25) is 4.79 Å². The summed E-state index contributed by atoms with van der Waals surface area (Å²) in [5, 5.41) is 9.10. The number of likely N-dealkylation sites (tertiary alicyclic amines) is 1. The van der Waals surface area contributed by atoms with E-state index in [1.807, 2.05) is 6.07 Å². The number of hydrogen-bond donors (Lipinski definition) is 1. The van der Waals surface area contributed by atoms with Crippen LogP contribution in [0.3, 0.4) is 0 Å². The van der Waals surface area contributed by atoms with Crippen molar-refractivity contribution in [2.45, 2.75) is 23.8 Å². The third kappa shape index (κ3) is 4.85. The summed E-state index contributed by atoms with van der Waals surface area (Å²) in [6.45, 7) is 0.954. The number of sulfonamides is 1. The van der Waals surface area contributed by atoms with Gasteiger partial charge in [0.15, 0.2) is 0 Å². The van der Waals surface area contributed by atoms with Gasteiger partial charge in [-0.2, -0.15) is 5.26 Å². The van der Waals surface area contributed by atoms with Crippen LogP contribution in [0.5, 0.6) is 0 Å². The number of nitrogens with zero attached hydrogens (tertiary/aromatic N) is 2.